The maximum absolute atomic E-state index is 5.77. The monoisotopic (exact) mass is 313 g/mol. The molecule has 0 spiro atoms. The lowest BCUT2D eigenvalue weighted by molar-refractivity contribution is 0.355. The number of nitrogens with zero attached hydrogens (tertiary/aromatic N) is 1. The van der Waals surface area contributed by atoms with Crippen LogP contribution in [-0.4, -0.2) is 39.1 Å². The molecular weight excluding hydrogens is 296 g/mol. The lowest BCUT2D eigenvalue weighted by Crippen LogP contribution is -2.27. The zero-order valence-corrected chi connectivity index (χ0v) is 12.8. The molecule has 0 aliphatic carbocycles. The van der Waals surface area contributed by atoms with Gasteiger partial charge in [-0.3, -0.25) is 0 Å². The third-order valence-corrected chi connectivity index (χ3v) is 2.78. The van der Waals surface area contributed by atoms with Crippen LogP contribution < -0.4 is 14.4 Å². The number of anilines is 1. The first-order valence-electron chi connectivity index (χ1n) is 5.35. The molecule has 3 nitrogen and oxygen atoms in total. The maximum atomic E-state index is 5.77. The summed E-state index contributed by atoms with van der Waals surface area (Å²) in [5.74, 6) is 2.54. The molecule has 1 aromatic rings. The van der Waals surface area contributed by atoms with Crippen molar-refractivity contribution in [3.05, 3.63) is 18.2 Å². The molecule has 0 unspecified atom stereocenters. The first kappa shape index (κ1) is 17.5. The highest BCUT2D eigenvalue weighted by atomic mass is 35.5. The van der Waals surface area contributed by atoms with Crippen LogP contribution in [-0.2, 0) is 0 Å². The number of benzene rings is 1. The van der Waals surface area contributed by atoms with Gasteiger partial charge in [-0.05, 0) is 12.1 Å². The Morgan fingerprint density at radius 1 is 1.00 bits per heavy atom. The topological polar surface area (TPSA) is 21.7 Å². The van der Waals surface area contributed by atoms with Crippen molar-refractivity contribution in [2.45, 2.75) is 0 Å². The number of alkyl halides is 2. The first-order valence-corrected chi connectivity index (χ1v) is 6.42. The summed E-state index contributed by atoms with van der Waals surface area (Å²) in [7, 11) is 3.24. The average molecular weight is 315 g/mol. The van der Waals surface area contributed by atoms with Gasteiger partial charge < -0.3 is 14.4 Å². The molecule has 0 atom stereocenters. The van der Waals surface area contributed by atoms with Crippen molar-refractivity contribution >= 4 is 41.3 Å². The minimum atomic E-state index is 0. The smallest absolute Gasteiger partial charge is 0.162 e. The quantitative estimate of drug-likeness (QED) is 0.720. The van der Waals surface area contributed by atoms with Gasteiger partial charge in [0.2, 0.25) is 0 Å². The summed E-state index contributed by atoms with van der Waals surface area (Å²) in [5.41, 5.74) is 1.03. The molecule has 0 aromatic heterocycles. The number of methoxy groups -OCH3 is 2. The lowest BCUT2D eigenvalue weighted by Gasteiger charge is -2.23. The molecule has 0 N–H and O–H groups in total. The summed E-state index contributed by atoms with van der Waals surface area (Å²) in [5, 5.41) is 0. The second-order valence-corrected chi connectivity index (χ2v) is 4.16. The van der Waals surface area contributed by atoms with Crippen molar-refractivity contribution < 1.29 is 9.47 Å². The molecule has 0 fully saturated rings. The predicted octanol–water partition coefficient (Wildman–Crippen LogP) is 3.41. The molecule has 0 radical (unpaired) electrons. The Morgan fingerprint density at radius 3 is 2.00 bits per heavy atom. The third-order valence-electron chi connectivity index (χ3n) is 2.44. The molecule has 104 valence electrons. The Hall–Kier alpha value is -0.510. The number of hydrogen-bond donors (Lipinski definition) is 0. The summed E-state index contributed by atoms with van der Waals surface area (Å²) >= 11 is 11.5. The van der Waals surface area contributed by atoms with Crippen molar-refractivity contribution in [3.8, 4) is 11.5 Å². The highest BCUT2D eigenvalue weighted by Crippen LogP contribution is 2.31. The highest BCUT2D eigenvalue weighted by molar-refractivity contribution is 6.18. The maximum Gasteiger partial charge on any atom is 0.162 e. The zero-order valence-electron chi connectivity index (χ0n) is 10.5. The largest absolute Gasteiger partial charge is 0.493 e. The van der Waals surface area contributed by atoms with E-state index in [1.54, 1.807) is 14.2 Å². The summed E-state index contributed by atoms with van der Waals surface area (Å²) < 4.78 is 10.5. The van der Waals surface area contributed by atoms with Gasteiger partial charge in [0, 0.05) is 36.6 Å². The third kappa shape index (κ3) is 4.63. The summed E-state index contributed by atoms with van der Waals surface area (Å²) in [6, 6.07) is 5.78. The van der Waals surface area contributed by atoms with E-state index >= 15 is 0 Å². The molecule has 0 aliphatic rings. The van der Waals surface area contributed by atoms with E-state index in [0.29, 0.717) is 23.3 Å². The zero-order chi connectivity index (χ0) is 12.7. The van der Waals surface area contributed by atoms with Crippen molar-refractivity contribution in [3.63, 3.8) is 0 Å². The van der Waals surface area contributed by atoms with Gasteiger partial charge in [0.25, 0.3) is 0 Å². The van der Waals surface area contributed by atoms with E-state index in [1.807, 2.05) is 18.2 Å². The second kappa shape index (κ2) is 9.42. The Balaban J connectivity index is 0.00000289. The van der Waals surface area contributed by atoms with Crippen molar-refractivity contribution in [2.24, 2.45) is 0 Å². The molecule has 1 aromatic carbocycles. The van der Waals surface area contributed by atoms with Crippen LogP contribution in [0.1, 0.15) is 0 Å². The fourth-order valence-electron chi connectivity index (χ4n) is 1.60. The van der Waals surface area contributed by atoms with E-state index < -0.39 is 0 Å². The van der Waals surface area contributed by atoms with Crippen LogP contribution in [0.2, 0.25) is 0 Å². The molecule has 0 saturated carbocycles. The standard InChI is InChI=1S/C12H17Cl2NO2.ClH/c1-16-11-4-3-10(9-12(11)17-2)15(7-5-13)8-6-14;/h3-4,9H,5-8H2,1-2H3;1H. The lowest BCUT2D eigenvalue weighted by atomic mass is 10.2. The Morgan fingerprint density at radius 2 is 1.56 bits per heavy atom. The molecule has 18 heavy (non-hydrogen) atoms. The van der Waals surface area contributed by atoms with Gasteiger partial charge in [0.1, 0.15) is 0 Å². The average Bonchev–Trinajstić information content (AvgIpc) is 2.37. The summed E-state index contributed by atoms with van der Waals surface area (Å²) in [6.45, 7) is 1.51. The van der Waals surface area contributed by atoms with Crippen LogP contribution in [0, 0.1) is 0 Å². The molecule has 0 aliphatic heterocycles. The van der Waals surface area contributed by atoms with Crippen LogP contribution >= 0.6 is 35.6 Å². The van der Waals surface area contributed by atoms with E-state index in [1.165, 1.54) is 0 Å². The van der Waals surface area contributed by atoms with Gasteiger partial charge in [-0.15, -0.1) is 35.6 Å². The molecule has 0 heterocycles. The number of halogens is 3. The van der Waals surface area contributed by atoms with Crippen molar-refractivity contribution in [2.75, 3.05) is 44.0 Å². The Bertz CT molecular complexity index is 344. The number of ether oxygens (including phenoxy) is 2. The Labute approximate surface area is 124 Å². The number of rotatable bonds is 7. The van der Waals surface area contributed by atoms with Gasteiger partial charge in [0.05, 0.1) is 14.2 Å². The Kier molecular flexibility index (Phi) is 9.16. The van der Waals surface area contributed by atoms with Crippen LogP contribution in [0.15, 0.2) is 18.2 Å². The molecule has 0 bridgehead atoms. The van der Waals surface area contributed by atoms with Crippen LogP contribution in [0.5, 0.6) is 11.5 Å². The summed E-state index contributed by atoms with van der Waals surface area (Å²) in [6.07, 6.45) is 0. The van der Waals surface area contributed by atoms with Gasteiger partial charge >= 0.3 is 0 Å². The van der Waals surface area contributed by atoms with Crippen molar-refractivity contribution in [1.82, 2.24) is 0 Å². The van der Waals surface area contributed by atoms with E-state index in [0.717, 1.165) is 18.8 Å². The molecule has 0 saturated heterocycles. The van der Waals surface area contributed by atoms with E-state index in [2.05, 4.69) is 4.90 Å². The fraction of sp³-hybridized carbons (Fsp3) is 0.500. The van der Waals surface area contributed by atoms with Gasteiger partial charge in [-0.2, -0.15) is 0 Å². The van der Waals surface area contributed by atoms with Crippen molar-refractivity contribution in [1.29, 1.82) is 0 Å². The molecule has 1 rings (SSSR count). The SMILES string of the molecule is COc1ccc(N(CCCl)CCCl)cc1OC.Cl. The predicted molar refractivity (Wildman–Crippen MR) is 80.4 cm³/mol. The van der Waals surface area contributed by atoms with Crippen LogP contribution in [0.3, 0.4) is 0 Å². The molecule has 0 amide bonds. The van der Waals surface area contributed by atoms with Gasteiger partial charge in [-0.1, -0.05) is 0 Å². The summed E-state index contributed by atoms with van der Waals surface area (Å²) in [4.78, 5) is 2.11. The van der Waals surface area contributed by atoms with E-state index in [9.17, 15) is 0 Å². The van der Waals surface area contributed by atoms with E-state index in [-0.39, 0.29) is 12.4 Å². The normalized spacial score (nSPS) is 9.56. The van der Waals surface area contributed by atoms with Crippen LogP contribution in [0.4, 0.5) is 5.69 Å². The van der Waals surface area contributed by atoms with E-state index in [4.69, 9.17) is 32.7 Å². The van der Waals surface area contributed by atoms with Crippen LogP contribution in [0.25, 0.3) is 0 Å². The highest BCUT2D eigenvalue weighted by Gasteiger charge is 2.09. The number of hydrogen-bond acceptors (Lipinski definition) is 3. The molecular formula is C12H18Cl3NO2. The first-order chi connectivity index (χ1) is 8.26. The fourth-order valence-corrected chi connectivity index (χ4v) is 2.00. The second-order valence-electron chi connectivity index (χ2n) is 3.40. The van der Waals surface area contributed by atoms with Gasteiger partial charge in [-0.25, -0.2) is 0 Å². The molecule has 6 heteroatoms. The minimum absolute atomic E-state index is 0. The minimum Gasteiger partial charge on any atom is -0.493 e. The van der Waals surface area contributed by atoms with Gasteiger partial charge in [0.15, 0.2) is 11.5 Å².